The van der Waals surface area contributed by atoms with Crippen molar-refractivity contribution in [1.29, 1.82) is 0 Å². The summed E-state index contributed by atoms with van der Waals surface area (Å²) in [5, 5.41) is 4.13. The van der Waals surface area contributed by atoms with Crippen LogP contribution in [0.25, 0.3) is 0 Å². The molecule has 0 amide bonds. The van der Waals surface area contributed by atoms with Crippen LogP contribution in [0.4, 0.5) is 8.78 Å². The molecule has 0 heterocycles. The molecule has 0 saturated carbocycles. The molecule has 1 aliphatic carbocycles. The van der Waals surface area contributed by atoms with Crippen LogP contribution in [0.15, 0.2) is 36.4 Å². The molecule has 0 aromatic heterocycles. The minimum absolute atomic E-state index is 0.316. The van der Waals surface area contributed by atoms with Crippen LogP contribution in [0, 0.1) is 11.6 Å². The summed E-state index contributed by atoms with van der Waals surface area (Å²) in [6.45, 7) is 0.531. The predicted octanol–water partition coefficient (Wildman–Crippen LogP) is 3.88. The third kappa shape index (κ3) is 2.84. The van der Waals surface area contributed by atoms with E-state index in [2.05, 4.69) is 11.4 Å². The van der Waals surface area contributed by atoms with Crippen molar-refractivity contribution in [3.63, 3.8) is 0 Å². The third-order valence-corrected chi connectivity index (χ3v) is 3.91. The molecule has 3 rings (SSSR count). The van der Waals surface area contributed by atoms with Crippen LogP contribution in [0.1, 0.15) is 16.7 Å². The molecular weight excluding hydrogens is 280 g/mol. The van der Waals surface area contributed by atoms with Gasteiger partial charge >= 0.3 is 0 Å². The zero-order chi connectivity index (χ0) is 14.1. The molecule has 0 spiro atoms. The van der Waals surface area contributed by atoms with Crippen molar-refractivity contribution in [3.8, 4) is 0 Å². The van der Waals surface area contributed by atoms with Crippen molar-refractivity contribution in [1.82, 2.24) is 5.32 Å². The molecule has 1 atom stereocenters. The van der Waals surface area contributed by atoms with E-state index in [1.54, 1.807) is 6.07 Å². The number of nitrogens with one attached hydrogen (secondary N) is 1. The number of halogens is 3. The number of rotatable bonds is 3. The van der Waals surface area contributed by atoms with Crippen LogP contribution in [0.2, 0.25) is 5.02 Å². The lowest BCUT2D eigenvalue weighted by atomic mass is 10.1. The van der Waals surface area contributed by atoms with Gasteiger partial charge in [0.2, 0.25) is 0 Å². The van der Waals surface area contributed by atoms with Crippen LogP contribution in [0.5, 0.6) is 0 Å². The fourth-order valence-corrected chi connectivity index (χ4v) is 2.84. The second kappa shape index (κ2) is 5.51. The average Bonchev–Trinajstić information content (AvgIpc) is 2.82. The summed E-state index contributed by atoms with van der Waals surface area (Å²) in [7, 11) is 0. The van der Waals surface area contributed by atoms with Gasteiger partial charge in [0.15, 0.2) is 11.6 Å². The first kappa shape index (κ1) is 13.5. The molecule has 0 saturated heterocycles. The summed E-state index contributed by atoms with van der Waals surface area (Å²) >= 11 is 5.98. The number of hydrogen-bond donors (Lipinski definition) is 1. The molecule has 0 bridgehead atoms. The van der Waals surface area contributed by atoms with Crippen LogP contribution in [-0.4, -0.2) is 6.04 Å². The van der Waals surface area contributed by atoms with Gasteiger partial charge in [0.25, 0.3) is 0 Å². The van der Waals surface area contributed by atoms with E-state index in [1.165, 1.54) is 17.2 Å². The Morgan fingerprint density at radius 1 is 1.00 bits per heavy atom. The molecule has 0 aliphatic heterocycles. The molecule has 0 fully saturated rings. The monoisotopic (exact) mass is 293 g/mol. The molecule has 1 N–H and O–H groups in total. The standard InChI is InChI=1S/C16H14ClF2N/c17-13-3-2-11-7-14(8-12(11)6-13)20-9-10-1-4-15(18)16(19)5-10/h1-6,14,20H,7-9H2. The number of benzene rings is 2. The first-order chi connectivity index (χ1) is 9.61. The van der Waals surface area contributed by atoms with E-state index in [-0.39, 0.29) is 0 Å². The van der Waals surface area contributed by atoms with Crippen molar-refractivity contribution in [2.75, 3.05) is 0 Å². The van der Waals surface area contributed by atoms with Crippen LogP contribution in [0.3, 0.4) is 0 Å². The largest absolute Gasteiger partial charge is 0.309 e. The molecule has 1 aliphatic rings. The molecule has 104 valence electrons. The Kier molecular flexibility index (Phi) is 3.72. The van der Waals surface area contributed by atoms with Gasteiger partial charge in [0.05, 0.1) is 0 Å². The van der Waals surface area contributed by atoms with Gasteiger partial charge in [0.1, 0.15) is 0 Å². The van der Waals surface area contributed by atoms with E-state index in [4.69, 9.17) is 11.6 Å². The average molecular weight is 294 g/mol. The Labute approximate surface area is 121 Å². The highest BCUT2D eigenvalue weighted by molar-refractivity contribution is 6.30. The van der Waals surface area contributed by atoms with Crippen LogP contribution in [-0.2, 0) is 19.4 Å². The van der Waals surface area contributed by atoms with Gasteiger partial charge in [-0.25, -0.2) is 8.78 Å². The minimum Gasteiger partial charge on any atom is -0.309 e. The van der Waals surface area contributed by atoms with Crippen molar-refractivity contribution in [2.45, 2.75) is 25.4 Å². The first-order valence-corrected chi connectivity index (χ1v) is 6.94. The Morgan fingerprint density at radius 3 is 2.60 bits per heavy atom. The summed E-state index contributed by atoms with van der Waals surface area (Å²) in [6.07, 6.45) is 1.86. The highest BCUT2D eigenvalue weighted by Gasteiger charge is 2.21. The van der Waals surface area contributed by atoms with Gasteiger partial charge in [0, 0.05) is 17.6 Å². The van der Waals surface area contributed by atoms with Crippen LogP contribution >= 0.6 is 11.6 Å². The second-order valence-corrected chi connectivity index (χ2v) is 5.58. The molecule has 2 aromatic rings. The minimum atomic E-state index is -0.809. The smallest absolute Gasteiger partial charge is 0.159 e. The Bertz CT molecular complexity index is 642. The topological polar surface area (TPSA) is 12.0 Å². The second-order valence-electron chi connectivity index (χ2n) is 5.15. The van der Waals surface area contributed by atoms with E-state index in [0.717, 1.165) is 29.5 Å². The first-order valence-electron chi connectivity index (χ1n) is 6.56. The normalized spacial score (nSPS) is 17.2. The van der Waals surface area contributed by atoms with E-state index in [1.807, 2.05) is 12.1 Å². The summed E-state index contributed by atoms with van der Waals surface area (Å²) < 4.78 is 26.0. The highest BCUT2D eigenvalue weighted by Crippen LogP contribution is 2.25. The SMILES string of the molecule is Fc1ccc(CNC2Cc3ccc(Cl)cc3C2)cc1F. The van der Waals surface area contributed by atoms with Crippen molar-refractivity contribution in [3.05, 3.63) is 69.7 Å². The summed E-state index contributed by atoms with van der Waals surface area (Å²) in [4.78, 5) is 0. The zero-order valence-electron chi connectivity index (χ0n) is 10.8. The fourth-order valence-electron chi connectivity index (χ4n) is 2.64. The molecule has 20 heavy (non-hydrogen) atoms. The maximum atomic E-state index is 13.1. The summed E-state index contributed by atoms with van der Waals surface area (Å²) in [6, 6.07) is 10.3. The molecule has 0 radical (unpaired) electrons. The van der Waals surface area contributed by atoms with Crippen LogP contribution < -0.4 is 5.32 Å². The van der Waals surface area contributed by atoms with Gasteiger partial charge in [-0.2, -0.15) is 0 Å². The molecule has 4 heteroatoms. The van der Waals surface area contributed by atoms with Gasteiger partial charge in [-0.05, 0) is 53.8 Å². The Hall–Kier alpha value is -1.45. The molecule has 1 nitrogen and oxygen atoms in total. The molecular formula is C16H14ClF2N. The van der Waals surface area contributed by atoms with E-state index in [0.29, 0.717) is 12.6 Å². The van der Waals surface area contributed by atoms with Crippen molar-refractivity contribution >= 4 is 11.6 Å². The predicted molar refractivity (Wildman–Crippen MR) is 75.8 cm³/mol. The maximum Gasteiger partial charge on any atom is 0.159 e. The van der Waals surface area contributed by atoms with E-state index in [9.17, 15) is 8.78 Å². The van der Waals surface area contributed by atoms with E-state index < -0.39 is 11.6 Å². The van der Waals surface area contributed by atoms with E-state index >= 15 is 0 Å². The van der Waals surface area contributed by atoms with Gasteiger partial charge in [-0.3, -0.25) is 0 Å². The number of fused-ring (bicyclic) bond motifs is 1. The zero-order valence-corrected chi connectivity index (χ0v) is 11.6. The Balaban J connectivity index is 1.62. The lowest BCUT2D eigenvalue weighted by Crippen LogP contribution is -2.29. The summed E-state index contributed by atoms with van der Waals surface area (Å²) in [5.74, 6) is -1.61. The Morgan fingerprint density at radius 2 is 1.80 bits per heavy atom. The fraction of sp³-hybridized carbons (Fsp3) is 0.250. The maximum absolute atomic E-state index is 13.1. The lowest BCUT2D eigenvalue weighted by molar-refractivity contribution is 0.500. The van der Waals surface area contributed by atoms with Crippen molar-refractivity contribution in [2.24, 2.45) is 0 Å². The van der Waals surface area contributed by atoms with Crippen molar-refractivity contribution < 1.29 is 8.78 Å². The number of hydrogen-bond acceptors (Lipinski definition) is 1. The lowest BCUT2D eigenvalue weighted by Gasteiger charge is -2.12. The highest BCUT2D eigenvalue weighted by atomic mass is 35.5. The molecule has 2 aromatic carbocycles. The quantitative estimate of drug-likeness (QED) is 0.906. The van der Waals surface area contributed by atoms with Gasteiger partial charge in [-0.15, -0.1) is 0 Å². The van der Waals surface area contributed by atoms with Gasteiger partial charge in [-0.1, -0.05) is 23.7 Å². The molecule has 1 unspecified atom stereocenters. The summed E-state index contributed by atoms with van der Waals surface area (Å²) in [5.41, 5.74) is 3.32. The van der Waals surface area contributed by atoms with Gasteiger partial charge < -0.3 is 5.32 Å². The third-order valence-electron chi connectivity index (χ3n) is 3.68.